The molecule has 0 radical (unpaired) electrons. The highest BCUT2D eigenvalue weighted by molar-refractivity contribution is 6.04. The minimum Gasteiger partial charge on any atom is -0.497 e. The van der Waals surface area contributed by atoms with Crippen molar-refractivity contribution < 1.29 is 37.4 Å². The third-order valence-corrected chi connectivity index (χ3v) is 5.67. The number of benzene rings is 1. The van der Waals surface area contributed by atoms with Gasteiger partial charge in [0.2, 0.25) is 5.91 Å². The first-order valence-electron chi connectivity index (χ1n) is 11.0. The zero-order valence-corrected chi connectivity index (χ0v) is 20.2. The van der Waals surface area contributed by atoms with Gasteiger partial charge in [0, 0.05) is 38.4 Å². The summed E-state index contributed by atoms with van der Waals surface area (Å²) < 4.78 is 38.7. The maximum absolute atomic E-state index is 12.8. The van der Waals surface area contributed by atoms with E-state index in [9.17, 15) is 22.8 Å². The van der Waals surface area contributed by atoms with E-state index >= 15 is 0 Å². The number of ether oxygens (including phenoxy) is 1. The third kappa shape index (κ3) is 6.73. The lowest BCUT2D eigenvalue weighted by molar-refractivity contribution is -0.192. The van der Waals surface area contributed by atoms with Crippen molar-refractivity contribution in [3.8, 4) is 5.75 Å². The van der Waals surface area contributed by atoms with Gasteiger partial charge in [-0.1, -0.05) is 0 Å². The molecule has 3 aromatic rings. The van der Waals surface area contributed by atoms with E-state index < -0.39 is 12.1 Å². The summed E-state index contributed by atoms with van der Waals surface area (Å²) in [6.07, 6.45) is -3.34. The van der Waals surface area contributed by atoms with Crippen LogP contribution in [-0.4, -0.2) is 87.3 Å². The van der Waals surface area contributed by atoms with Gasteiger partial charge < -0.3 is 20.1 Å². The quantitative estimate of drug-likeness (QED) is 0.535. The number of methoxy groups -OCH3 is 1. The highest BCUT2D eigenvalue weighted by atomic mass is 19.4. The molecular formula is C23H25F3N6O5. The van der Waals surface area contributed by atoms with Gasteiger partial charge in [0.15, 0.2) is 11.5 Å². The zero-order chi connectivity index (χ0) is 27.3. The molecular weight excluding hydrogens is 497 g/mol. The number of alkyl halides is 3. The van der Waals surface area contributed by atoms with E-state index in [0.717, 1.165) is 12.3 Å². The van der Waals surface area contributed by atoms with E-state index in [1.807, 2.05) is 16.3 Å². The van der Waals surface area contributed by atoms with Crippen molar-refractivity contribution in [3.63, 3.8) is 0 Å². The molecule has 4 rings (SSSR count). The molecule has 1 fully saturated rings. The number of hydrogen-bond donors (Lipinski definition) is 2. The summed E-state index contributed by atoms with van der Waals surface area (Å²) in [6, 6.07) is 10.5. The Kier molecular flexibility index (Phi) is 8.32. The number of halogens is 3. The lowest BCUT2D eigenvalue weighted by atomic mass is 10.1. The molecule has 1 saturated heterocycles. The first-order chi connectivity index (χ1) is 17.4. The second-order valence-electron chi connectivity index (χ2n) is 8.15. The molecule has 1 aliphatic rings. The van der Waals surface area contributed by atoms with Crippen LogP contribution in [0.5, 0.6) is 5.75 Å². The Labute approximate surface area is 209 Å². The first-order valence-corrected chi connectivity index (χ1v) is 11.0. The van der Waals surface area contributed by atoms with Crippen LogP contribution in [0.25, 0.3) is 5.65 Å². The number of pyridine rings is 1. The van der Waals surface area contributed by atoms with Gasteiger partial charge in [-0.25, -0.2) is 4.79 Å². The van der Waals surface area contributed by atoms with Gasteiger partial charge in [0.05, 0.1) is 18.7 Å². The number of carboxylic acid groups (broad SMARTS) is 1. The molecule has 37 heavy (non-hydrogen) atoms. The minimum absolute atomic E-state index is 0.0430. The van der Waals surface area contributed by atoms with E-state index in [2.05, 4.69) is 20.4 Å². The number of carboxylic acids is 1. The summed E-state index contributed by atoms with van der Waals surface area (Å²) in [5.41, 5.74) is 1.81. The monoisotopic (exact) mass is 522 g/mol. The Hall–Kier alpha value is -4.20. The molecule has 1 unspecified atom stereocenters. The maximum Gasteiger partial charge on any atom is 0.490 e. The van der Waals surface area contributed by atoms with Crippen molar-refractivity contribution in [2.75, 3.05) is 39.1 Å². The van der Waals surface area contributed by atoms with Gasteiger partial charge in [-0.05, 0) is 43.4 Å². The van der Waals surface area contributed by atoms with Crippen LogP contribution < -0.4 is 10.1 Å². The number of anilines is 1. The van der Waals surface area contributed by atoms with Crippen molar-refractivity contribution in [1.82, 2.24) is 24.4 Å². The molecule has 0 bridgehead atoms. The molecule has 11 nitrogen and oxygen atoms in total. The summed E-state index contributed by atoms with van der Waals surface area (Å²) >= 11 is 0. The second-order valence-corrected chi connectivity index (χ2v) is 8.15. The number of nitrogens with zero attached hydrogens (tertiary/aromatic N) is 5. The molecule has 2 aromatic heterocycles. The van der Waals surface area contributed by atoms with Crippen LogP contribution >= 0.6 is 0 Å². The largest absolute Gasteiger partial charge is 0.497 e. The van der Waals surface area contributed by atoms with Crippen molar-refractivity contribution in [2.24, 2.45) is 0 Å². The lowest BCUT2D eigenvalue weighted by Crippen LogP contribution is -2.48. The van der Waals surface area contributed by atoms with Crippen molar-refractivity contribution in [3.05, 3.63) is 54.0 Å². The molecule has 0 saturated carbocycles. The van der Waals surface area contributed by atoms with Crippen LogP contribution in [0.1, 0.15) is 29.1 Å². The molecule has 0 aliphatic carbocycles. The number of fused-ring (bicyclic) bond motifs is 1. The molecule has 2 N–H and O–H groups in total. The number of hydrogen-bond acceptors (Lipinski definition) is 7. The lowest BCUT2D eigenvalue weighted by Gasteiger charge is -2.38. The number of nitrogens with one attached hydrogen (secondary N) is 1. The highest BCUT2D eigenvalue weighted by Gasteiger charge is 2.38. The number of rotatable bonds is 4. The minimum atomic E-state index is -5.08. The van der Waals surface area contributed by atoms with Gasteiger partial charge in [0.1, 0.15) is 5.75 Å². The predicted molar refractivity (Wildman–Crippen MR) is 125 cm³/mol. The fraction of sp³-hybridized carbons (Fsp3) is 0.348. The van der Waals surface area contributed by atoms with Gasteiger partial charge in [-0.15, -0.1) is 10.2 Å². The second kappa shape index (κ2) is 11.2. The molecule has 14 heteroatoms. The van der Waals surface area contributed by atoms with Crippen LogP contribution in [0.15, 0.2) is 42.6 Å². The predicted octanol–water partition coefficient (Wildman–Crippen LogP) is 2.46. The number of piperazine rings is 1. The molecule has 198 valence electrons. The van der Waals surface area contributed by atoms with E-state index in [1.165, 1.54) is 0 Å². The van der Waals surface area contributed by atoms with E-state index in [1.54, 1.807) is 56.6 Å². The first kappa shape index (κ1) is 27.4. The number of aromatic nitrogens is 3. The van der Waals surface area contributed by atoms with Crippen LogP contribution in [-0.2, 0) is 9.59 Å². The van der Waals surface area contributed by atoms with Gasteiger partial charge in [0.25, 0.3) is 5.91 Å². The van der Waals surface area contributed by atoms with Crippen LogP contribution in [0.3, 0.4) is 0 Å². The fourth-order valence-electron chi connectivity index (χ4n) is 3.59. The van der Waals surface area contributed by atoms with Crippen molar-refractivity contribution >= 4 is 29.1 Å². The van der Waals surface area contributed by atoms with Gasteiger partial charge >= 0.3 is 12.1 Å². The average Bonchev–Trinajstić information content (AvgIpc) is 3.27. The number of carbonyl (C=O) groups is 3. The number of amides is 2. The Morgan fingerprint density at radius 1 is 1.08 bits per heavy atom. The summed E-state index contributed by atoms with van der Waals surface area (Å²) in [4.78, 5) is 37.5. The third-order valence-electron chi connectivity index (χ3n) is 5.67. The molecule has 2 amide bonds. The Balaban J connectivity index is 0.000000479. The molecule has 3 heterocycles. The Bertz CT molecular complexity index is 1280. The zero-order valence-electron chi connectivity index (χ0n) is 20.2. The van der Waals surface area contributed by atoms with Crippen LogP contribution in [0.2, 0.25) is 0 Å². The molecule has 0 spiro atoms. The number of carbonyl (C=O) groups excluding carboxylic acids is 2. The van der Waals surface area contributed by atoms with Crippen molar-refractivity contribution in [1.29, 1.82) is 0 Å². The molecule has 1 atom stereocenters. The maximum atomic E-state index is 12.8. The smallest absolute Gasteiger partial charge is 0.490 e. The number of likely N-dealkylation sites (N-methyl/N-ethyl adjacent to an activating group) is 1. The standard InChI is InChI=1S/C21H24N6O3.C2HF3O2/c1-14(28)26-11-10-25(2)18(13-26)20-24-23-19-9-4-15(12-27(19)20)21(29)22-16-5-7-17(30-3)8-6-16;3-2(4,5)1(6)7/h4-9,12,18H,10-11,13H2,1-3H3,(H,22,29);(H,6,7). The summed E-state index contributed by atoms with van der Waals surface area (Å²) in [5, 5.41) is 18.6. The normalized spacial score (nSPS) is 16.1. The van der Waals surface area contributed by atoms with Crippen molar-refractivity contribution in [2.45, 2.75) is 19.1 Å². The van der Waals surface area contributed by atoms with Crippen LogP contribution in [0.4, 0.5) is 18.9 Å². The SMILES string of the molecule is COc1ccc(NC(=O)c2ccc3nnc(C4CN(C(C)=O)CCN4C)n3c2)cc1.O=C(O)C(F)(F)F. The summed E-state index contributed by atoms with van der Waals surface area (Å²) in [5.74, 6) is -1.52. The van der Waals surface area contributed by atoms with E-state index in [-0.39, 0.29) is 17.9 Å². The Morgan fingerprint density at radius 2 is 1.73 bits per heavy atom. The Morgan fingerprint density at radius 3 is 2.30 bits per heavy atom. The van der Waals surface area contributed by atoms with E-state index in [4.69, 9.17) is 14.6 Å². The fourth-order valence-corrected chi connectivity index (χ4v) is 3.59. The summed E-state index contributed by atoms with van der Waals surface area (Å²) in [6.45, 7) is 3.55. The summed E-state index contributed by atoms with van der Waals surface area (Å²) in [7, 11) is 3.60. The topological polar surface area (TPSA) is 129 Å². The highest BCUT2D eigenvalue weighted by Crippen LogP contribution is 2.24. The molecule has 1 aliphatic heterocycles. The van der Waals surface area contributed by atoms with Gasteiger partial charge in [-0.2, -0.15) is 13.2 Å². The number of aliphatic carboxylic acids is 1. The van der Waals surface area contributed by atoms with Gasteiger partial charge in [-0.3, -0.25) is 18.9 Å². The van der Waals surface area contributed by atoms with Crippen LogP contribution in [0, 0.1) is 0 Å². The van der Waals surface area contributed by atoms with E-state index in [0.29, 0.717) is 35.8 Å². The average molecular weight is 522 g/mol. The molecule has 1 aromatic carbocycles.